The molecule has 2 aliphatic rings. The number of hydrogen-bond donors (Lipinski definition) is 3. The molecule has 1 amide bonds. The predicted octanol–water partition coefficient (Wildman–Crippen LogP) is -0.206. The Morgan fingerprint density at radius 3 is 3.00 bits per heavy atom. The molecule has 0 unspecified atom stereocenters. The summed E-state index contributed by atoms with van der Waals surface area (Å²) in [6.07, 6.45) is 5.57. The minimum absolute atomic E-state index is 0.350. The molecule has 1 saturated heterocycles. The SMILES string of the molecule is O=C(NO)C1=C/CC=C=C(N2CCNCC2)/N=C\1. The maximum Gasteiger partial charge on any atom is 0.275 e. The largest absolute Gasteiger partial charge is 0.347 e. The van der Waals surface area contributed by atoms with Gasteiger partial charge in [0.05, 0.1) is 5.57 Å². The molecule has 0 aliphatic carbocycles. The molecule has 0 atom stereocenters. The molecule has 6 nitrogen and oxygen atoms in total. The van der Waals surface area contributed by atoms with E-state index in [1.54, 1.807) is 11.6 Å². The minimum Gasteiger partial charge on any atom is -0.347 e. The van der Waals surface area contributed by atoms with Crippen molar-refractivity contribution in [1.29, 1.82) is 0 Å². The van der Waals surface area contributed by atoms with Crippen molar-refractivity contribution in [2.45, 2.75) is 6.42 Å². The predicted molar refractivity (Wildman–Crippen MR) is 67.2 cm³/mol. The monoisotopic (exact) mass is 248 g/mol. The van der Waals surface area contributed by atoms with Crippen LogP contribution in [0.5, 0.6) is 0 Å². The Kier molecular flexibility index (Phi) is 4.30. The van der Waals surface area contributed by atoms with E-state index >= 15 is 0 Å². The van der Waals surface area contributed by atoms with Crippen molar-refractivity contribution >= 4 is 12.1 Å². The third-order valence-corrected chi connectivity index (χ3v) is 2.79. The molecule has 0 aromatic heterocycles. The van der Waals surface area contributed by atoms with Crippen molar-refractivity contribution in [3.05, 3.63) is 29.3 Å². The second kappa shape index (κ2) is 6.16. The minimum atomic E-state index is -0.547. The summed E-state index contributed by atoms with van der Waals surface area (Å²) in [7, 11) is 0. The smallest absolute Gasteiger partial charge is 0.275 e. The molecule has 3 N–H and O–H groups in total. The van der Waals surface area contributed by atoms with E-state index in [2.05, 4.69) is 20.9 Å². The Morgan fingerprint density at radius 2 is 2.28 bits per heavy atom. The third kappa shape index (κ3) is 3.07. The zero-order valence-electron chi connectivity index (χ0n) is 10.0. The average Bonchev–Trinajstić information content (AvgIpc) is 2.39. The van der Waals surface area contributed by atoms with Gasteiger partial charge in [-0.15, -0.1) is 0 Å². The van der Waals surface area contributed by atoms with Crippen molar-refractivity contribution in [3.63, 3.8) is 0 Å². The van der Waals surface area contributed by atoms with Crippen LogP contribution < -0.4 is 10.8 Å². The number of piperazine rings is 1. The second-order valence-electron chi connectivity index (χ2n) is 4.00. The molecule has 1 fully saturated rings. The molecule has 2 rings (SSSR count). The van der Waals surface area contributed by atoms with Crippen LogP contribution in [-0.4, -0.2) is 48.4 Å². The number of allylic oxidation sites excluding steroid dienone is 2. The molecular formula is C12H16N4O2. The number of carbonyl (C=O) groups is 1. The second-order valence-corrected chi connectivity index (χ2v) is 4.00. The fraction of sp³-hybridized carbons (Fsp3) is 0.417. The van der Waals surface area contributed by atoms with Gasteiger partial charge in [0.15, 0.2) is 5.82 Å². The van der Waals surface area contributed by atoms with Gasteiger partial charge in [0.25, 0.3) is 5.91 Å². The molecule has 6 heteroatoms. The van der Waals surface area contributed by atoms with Crippen LogP contribution in [0.3, 0.4) is 0 Å². The van der Waals surface area contributed by atoms with Gasteiger partial charge in [-0.2, -0.15) is 0 Å². The molecule has 0 bridgehead atoms. The van der Waals surface area contributed by atoms with Gasteiger partial charge in [0.2, 0.25) is 0 Å². The van der Waals surface area contributed by atoms with E-state index in [1.165, 1.54) is 6.21 Å². The quantitative estimate of drug-likeness (QED) is 0.359. The number of carbonyl (C=O) groups excluding carboxylic acids is 1. The summed E-state index contributed by atoms with van der Waals surface area (Å²) in [5.74, 6) is 0.182. The first-order valence-electron chi connectivity index (χ1n) is 5.91. The van der Waals surface area contributed by atoms with Crippen molar-refractivity contribution in [2.24, 2.45) is 4.99 Å². The van der Waals surface area contributed by atoms with Gasteiger partial charge in [-0.3, -0.25) is 10.0 Å². The lowest BCUT2D eigenvalue weighted by Gasteiger charge is -2.28. The summed E-state index contributed by atoms with van der Waals surface area (Å²) in [6.45, 7) is 3.58. The highest BCUT2D eigenvalue weighted by atomic mass is 16.5. The van der Waals surface area contributed by atoms with Crippen LogP contribution in [0.1, 0.15) is 6.42 Å². The number of aliphatic imine (C=N–C) groups is 1. The molecule has 0 aromatic carbocycles. The molecule has 2 heterocycles. The van der Waals surface area contributed by atoms with Gasteiger partial charge < -0.3 is 10.2 Å². The summed E-state index contributed by atoms with van der Waals surface area (Å²) >= 11 is 0. The topological polar surface area (TPSA) is 77.0 Å². The lowest BCUT2D eigenvalue weighted by atomic mass is 10.2. The fourth-order valence-corrected chi connectivity index (χ4v) is 1.82. The van der Waals surface area contributed by atoms with E-state index in [1.807, 2.05) is 6.08 Å². The third-order valence-electron chi connectivity index (χ3n) is 2.79. The molecule has 2 aliphatic heterocycles. The summed E-state index contributed by atoms with van der Waals surface area (Å²) in [4.78, 5) is 17.7. The fourth-order valence-electron chi connectivity index (χ4n) is 1.82. The molecule has 0 spiro atoms. The number of hydroxylamine groups is 1. The normalized spacial score (nSPS) is 24.4. The summed E-state index contributed by atoms with van der Waals surface area (Å²) < 4.78 is 0. The first-order valence-corrected chi connectivity index (χ1v) is 5.91. The van der Waals surface area contributed by atoms with Crippen LogP contribution in [0, 0.1) is 0 Å². The molecule has 96 valence electrons. The molecule has 0 aromatic rings. The zero-order valence-corrected chi connectivity index (χ0v) is 10.0. The molecular weight excluding hydrogens is 232 g/mol. The van der Waals surface area contributed by atoms with Crippen LogP contribution in [0.4, 0.5) is 0 Å². The zero-order chi connectivity index (χ0) is 12.8. The Labute approximate surface area is 105 Å². The molecule has 18 heavy (non-hydrogen) atoms. The summed E-state index contributed by atoms with van der Waals surface area (Å²) in [6, 6.07) is 0. The van der Waals surface area contributed by atoms with Crippen molar-refractivity contribution < 1.29 is 10.0 Å². The van der Waals surface area contributed by atoms with Crippen molar-refractivity contribution in [1.82, 2.24) is 15.7 Å². The van der Waals surface area contributed by atoms with Crippen LogP contribution in [0.25, 0.3) is 0 Å². The number of nitrogens with zero attached hydrogens (tertiary/aromatic N) is 2. The Hall–Kier alpha value is -1.88. The Balaban J connectivity index is 2.13. The van der Waals surface area contributed by atoms with Gasteiger partial charge in [-0.05, 0) is 12.5 Å². The lowest BCUT2D eigenvalue weighted by molar-refractivity contribution is -0.124. The van der Waals surface area contributed by atoms with Crippen molar-refractivity contribution in [3.8, 4) is 0 Å². The average molecular weight is 248 g/mol. The number of amides is 1. The van der Waals surface area contributed by atoms with Crippen LogP contribution in [0.2, 0.25) is 0 Å². The van der Waals surface area contributed by atoms with Crippen LogP contribution in [-0.2, 0) is 4.79 Å². The highest BCUT2D eigenvalue weighted by molar-refractivity contribution is 6.11. The standard InChI is InChI=1S/C12H16N4O2/c17-12(15-18)10-3-1-2-4-11(14-9-10)16-7-5-13-6-8-16/h2-3,9,13,18H,1,5-8H2,(H,15,17)/b10-3+,14-9-. The van der Waals surface area contributed by atoms with E-state index in [0.29, 0.717) is 12.0 Å². The van der Waals surface area contributed by atoms with Gasteiger partial charge >= 0.3 is 0 Å². The van der Waals surface area contributed by atoms with E-state index in [0.717, 1.165) is 32.0 Å². The van der Waals surface area contributed by atoms with Gasteiger partial charge in [-0.25, -0.2) is 10.5 Å². The number of rotatable bonds is 2. The highest BCUT2D eigenvalue weighted by Gasteiger charge is 2.13. The van der Waals surface area contributed by atoms with E-state index in [9.17, 15) is 4.79 Å². The maximum absolute atomic E-state index is 11.3. The summed E-state index contributed by atoms with van der Waals surface area (Å²) in [5, 5.41) is 11.9. The Bertz CT molecular complexity index is 441. The van der Waals surface area contributed by atoms with Crippen molar-refractivity contribution in [2.75, 3.05) is 26.2 Å². The van der Waals surface area contributed by atoms with Crippen LogP contribution in [0.15, 0.2) is 34.3 Å². The first-order chi connectivity index (χ1) is 8.81. The molecule has 0 radical (unpaired) electrons. The lowest BCUT2D eigenvalue weighted by Crippen LogP contribution is -2.42. The van der Waals surface area contributed by atoms with E-state index in [4.69, 9.17) is 5.21 Å². The number of hydrogen-bond acceptors (Lipinski definition) is 5. The summed E-state index contributed by atoms with van der Waals surface area (Å²) in [5.41, 5.74) is 5.08. The maximum atomic E-state index is 11.3. The van der Waals surface area contributed by atoms with Gasteiger partial charge in [-0.1, -0.05) is 11.8 Å². The first kappa shape index (κ1) is 12.6. The van der Waals surface area contributed by atoms with Gasteiger partial charge in [0.1, 0.15) is 0 Å². The molecule has 0 saturated carbocycles. The van der Waals surface area contributed by atoms with Crippen LogP contribution >= 0.6 is 0 Å². The number of nitrogens with one attached hydrogen (secondary N) is 2. The highest BCUT2D eigenvalue weighted by Crippen LogP contribution is 2.09. The van der Waals surface area contributed by atoms with Gasteiger partial charge in [0, 0.05) is 32.4 Å². The van der Waals surface area contributed by atoms with E-state index in [-0.39, 0.29) is 0 Å². The Morgan fingerprint density at radius 1 is 1.50 bits per heavy atom. The van der Waals surface area contributed by atoms with E-state index < -0.39 is 5.91 Å².